The second-order valence-electron chi connectivity index (χ2n) is 9.75. The summed E-state index contributed by atoms with van der Waals surface area (Å²) in [5.74, 6) is -0.168. The molecule has 7 nitrogen and oxygen atoms in total. The number of carbonyl (C=O) groups is 1. The van der Waals surface area contributed by atoms with E-state index in [1.54, 1.807) is 33.5 Å². The number of aromatic nitrogens is 1. The van der Waals surface area contributed by atoms with Crippen LogP contribution in [0.2, 0.25) is 0 Å². The molecule has 37 heavy (non-hydrogen) atoms. The maximum atomic E-state index is 13.7. The molecule has 202 valence electrons. The number of sulfonamides is 1. The summed E-state index contributed by atoms with van der Waals surface area (Å²) in [5, 5.41) is 0.667. The van der Waals surface area contributed by atoms with Gasteiger partial charge in [-0.2, -0.15) is 4.31 Å². The Bertz CT molecular complexity index is 1310. The molecular formula is C27H37ClN4O3S2. The van der Waals surface area contributed by atoms with Gasteiger partial charge in [0.1, 0.15) is 0 Å². The predicted octanol–water partition coefficient (Wildman–Crippen LogP) is 5.44. The van der Waals surface area contributed by atoms with Crippen molar-refractivity contribution in [1.82, 2.24) is 14.2 Å². The second kappa shape index (κ2) is 12.7. The molecule has 1 atom stereocenters. The number of nitrogens with zero attached hydrogens (tertiary/aromatic N) is 4. The first-order valence-electron chi connectivity index (χ1n) is 12.7. The van der Waals surface area contributed by atoms with Crippen molar-refractivity contribution in [3.05, 3.63) is 53.6 Å². The van der Waals surface area contributed by atoms with Crippen LogP contribution in [0.15, 0.2) is 47.4 Å². The SMILES string of the molecule is CCc1ccc2nc(N(CCCN(C)C)C(=O)c3ccc(S(=O)(=O)N4CCCCC4C)cc3)sc2c1.Cl. The molecule has 0 saturated carbocycles. The number of piperidine rings is 1. The van der Waals surface area contributed by atoms with Gasteiger partial charge in [-0.15, -0.1) is 12.4 Å². The van der Waals surface area contributed by atoms with Gasteiger partial charge in [0.05, 0.1) is 15.1 Å². The molecule has 1 saturated heterocycles. The van der Waals surface area contributed by atoms with E-state index < -0.39 is 10.0 Å². The van der Waals surface area contributed by atoms with Gasteiger partial charge in [-0.1, -0.05) is 30.7 Å². The van der Waals surface area contributed by atoms with Crippen molar-refractivity contribution in [2.75, 3.05) is 38.6 Å². The minimum absolute atomic E-state index is 0. The Morgan fingerprint density at radius 1 is 1.11 bits per heavy atom. The van der Waals surface area contributed by atoms with Crippen molar-refractivity contribution in [2.24, 2.45) is 0 Å². The Morgan fingerprint density at radius 2 is 1.84 bits per heavy atom. The van der Waals surface area contributed by atoms with Crippen molar-refractivity contribution < 1.29 is 13.2 Å². The minimum atomic E-state index is -3.58. The van der Waals surface area contributed by atoms with Crippen molar-refractivity contribution in [2.45, 2.75) is 56.9 Å². The van der Waals surface area contributed by atoms with Crippen molar-refractivity contribution >= 4 is 55.0 Å². The number of amides is 1. The highest BCUT2D eigenvalue weighted by molar-refractivity contribution is 7.89. The zero-order chi connectivity index (χ0) is 25.9. The van der Waals surface area contributed by atoms with E-state index in [4.69, 9.17) is 4.98 Å². The van der Waals surface area contributed by atoms with Gasteiger partial charge in [-0.3, -0.25) is 9.69 Å². The molecule has 1 amide bonds. The summed E-state index contributed by atoms with van der Waals surface area (Å²) in [7, 11) is 0.444. The molecule has 1 aliphatic rings. The molecule has 10 heteroatoms. The fourth-order valence-corrected chi connectivity index (χ4v) is 7.36. The number of rotatable bonds is 9. The smallest absolute Gasteiger partial charge is 0.260 e. The average molecular weight is 565 g/mol. The summed E-state index contributed by atoms with van der Waals surface area (Å²) in [6.45, 7) is 6.00. The molecule has 4 rings (SSSR count). The first-order chi connectivity index (χ1) is 17.2. The van der Waals surface area contributed by atoms with Gasteiger partial charge in [0.2, 0.25) is 10.0 Å². The van der Waals surface area contributed by atoms with E-state index in [9.17, 15) is 13.2 Å². The zero-order valence-corrected chi connectivity index (χ0v) is 24.5. The first-order valence-corrected chi connectivity index (χ1v) is 14.9. The Balaban J connectivity index is 0.00000380. The Hall–Kier alpha value is -2.04. The quantitative estimate of drug-likeness (QED) is 0.346. The van der Waals surface area contributed by atoms with E-state index in [-0.39, 0.29) is 29.3 Å². The van der Waals surface area contributed by atoms with Gasteiger partial charge in [0, 0.05) is 24.7 Å². The highest BCUT2D eigenvalue weighted by Gasteiger charge is 2.31. The fourth-order valence-electron chi connectivity index (χ4n) is 4.61. The van der Waals surface area contributed by atoms with Crippen LogP contribution < -0.4 is 4.90 Å². The molecule has 0 radical (unpaired) electrons. The summed E-state index contributed by atoms with van der Waals surface area (Å²) in [6, 6.07) is 12.6. The van der Waals surface area contributed by atoms with Gasteiger partial charge in [-0.05, 0) is 95.2 Å². The number of benzene rings is 2. The predicted molar refractivity (Wildman–Crippen MR) is 155 cm³/mol. The number of aryl methyl sites for hydroxylation is 1. The van der Waals surface area contributed by atoms with E-state index >= 15 is 0 Å². The van der Waals surface area contributed by atoms with Crippen LogP contribution in [0.5, 0.6) is 0 Å². The van der Waals surface area contributed by atoms with Crippen LogP contribution in [-0.2, 0) is 16.4 Å². The van der Waals surface area contributed by atoms with Crippen LogP contribution in [0.25, 0.3) is 10.2 Å². The van der Waals surface area contributed by atoms with Crippen molar-refractivity contribution in [3.8, 4) is 0 Å². The van der Waals surface area contributed by atoms with E-state index in [1.165, 1.54) is 16.9 Å². The van der Waals surface area contributed by atoms with Gasteiger partial charge < -0.3 is 4.90 Å². The average Bonchev–Trinajstić information content (AvgIpc) is 3.29. The van der Waals surface area contributed by atoms with Gasteiger partial charge >= 0.3 is 0 Å². The molecule has 2 aromatic carbocycles. The highest BCUT2D eigenvalue weighted by Crippen LogP contribution is 2.31. The molecule has 1 aromatic heterocycles. The number of fused-ring (bicyclic) bond motifs is 1. The first kappa shape index (κ1) is 29.5. The molecule has 0 N–H and O–H groups in total. The van der Waals surface area contributed by atoms with Gasteiger partial charge in [-0.25, -0.2) is 13.4 Å². The molecule has 1 fully saturated rings. The van der Waals surface area contributed by atoms with E-state index in [0.717, 1.165) is 48.9 Å². The molecular weight excluding hydrogens is 528 g/mol. The molecule has 0 spiro atoms. The highest BCUT2D eigenvalue weighted by atomic mass is 35.5. The Kier molecular flexibility index (Phi) is 10.1. The largest absolute Gasteiger partial charge is 0.309 e. The standard InChI is InChI=1S/C27H36N4O3S2.ClH/c1-5-21-10-15-24-25(19-21)35-27(28-24)30(17-8-16-29(3)4)26(32)22-11-13-23(14-12-22)36(33,34)31-18-7-6-9-20(31)2;/h10-15,19-20H,5-9,16-18H2,1-4H3;1H. The third-order valence-corrected chi connectivity index (χ3v) is 9.83. The summed E-state index contributed by atoms with van der Waals surface area (Å²) < 4.78 is 29.1. The van der Waals surface area contributed by atoms with Crippen molar-refractivity contribution in [1.29, 1.82) is 0 Å². The number of hydrogen-bond donors (Lipinski definition) is 0. The van der Waals surface area contributed by atoms with E-state index in [1.807, 2.05) is 27.1 Å². The van der Waals surface area contributed by atoms with E-state index in [2.05, 4.69) is 24.0 Å². The topological polar surface area (TPSA) is 73.8 Å². The third kappa shape index (κ3) is 6.70. The van der Waals surface area contributed by atoms with Crippen LogP contribution >= 0.6 is 23.7 Å². The lowest BCUT2D eigenvalue weighted by Gasteiger charge is -2.32. The van der Waals surface area contributed by atoms with Crippen LogP contribution in [0.3, 0.4) is 0 Å². The maximum absolute atomic E-state index is 13.7. The Labute approximate surface area is 230 Å². The minimum Gasteiger partial charge on any atom is -0.309 e. The van der Waals surface area contributed by atoms with Crippen LogP contribution in [0.4, 0.5) is 5.13 Å². The normalized spacial score (nSPS) is 16.6. The van der Waals surface area contributed by atoms with Crippen molar-refractivity contribution in [3.63, 3.8) is 0 Å². The van der Waals surface area contributed by atoms with Crippen LogP contribution in [0.1, 0.15) is 55.5 Å². The maximum Gasteiger partial charge on any atom is 0.260 e. The van der Waals surface area contributed by atoms with Gasteiger partial charge in [0.25, 0.3) is 5.91 Å². The lowest BCUT2D eigenvalue weighted by atomic mass is 10.1. The monoisotopic (exact) mass is 564 g/mol. The summed E-state index contributed by atoms with van der Waals surface area (Å²) in [4.78, 5) is 22.5. The molecule has 1 unspecified atom stereocenters. The summed E-state index contributed by atoms with van der Waals surface area (Å²) in [6.07, 6.45) is 4.55. The van der Waals surface area contributed by atoms with E-state index in [0.29, 0.717) is 23.8 Å². The number of halogens is 1. The number of hydrogen-bond acceptors (Lipinski definition) is 6. The lowest BCUT2D eigenvalue weighted by Crippen LogP contribution is -2.41. The second-order valence-corrected chi connectivity index (χ2v) is 12.7. The third-order valence-electron chi connectivity index (χ3n) is 6.76. The summed E-state index contributed by atoms with van der Waals surface area (Å²) >= 11 is 1.52. The van der Waals surface area contributed by atoms with Crippen LogP contribution in [-0.4, -0.2) is 68.3 Å². The number of carbonyl (C=O) groups excluding carboxylic acids is 1. The fraction of sp³-hybridized carbons (Fsp3) is 0.481. The molecule has 0 bridgehead atoms. The lowest BCUT2D eigenvalue weighted by molar-refractivity contribution is 0.0986. The zero-order valence-electron chi connectivity index (χ0n) is 22.0. The van der Waals surface area contributed by atoms with Gasteiger partial charge in [0.15, 0.2) is 5.13 Å². The van der Waals surface area contributed by atoms with Crippen LogP contribution in [0, 0.1) is 0 Å². The molecule has 2 heterocycles. The molecule has 1 aliphatic heterocycles. The number of anilines is 1. The summed E-state index contributed by atoms with van der Waals surface area (Å²) in [5.41, 5.74) is 2.58. The molecule has 0 aliphatic carbocycles. The molecule has 3 aromatic rings. The number of thiazole rings is 1. The Morgan fingerprint density at radius 3 is 2.49 bits per heavy atom.